The number of nitrogens with zero attached hydrogens (tertiary/aromatic N) is 3. The second kappa shape index (κ2) is 6.04. The molecule has 0 aliphatic heterocycles. The van der Waals surface area contributed by atoms with Crippen LogP contribution in [-0.2, 0) is 0 Å². The van der Waals surface area contributed by atoms with Crippen molar-refractivity contribution < 1.29 is 24.1 Å². The molecule has 1 heterocycles. The van der Waals surface area contributed by atoms with E-state index in [0.717, 1.165) is 5.56 Å². The second-order valence-electron chi connectivity index (χ2n) is 3.98. The Bertz CT molecular complexity index is 653. The molecule has 0 aliphatic carbocycles. The van der Waals surface area contributed by atoms with Gasteiger partial charge in [0.05, 0.1) is 19.8 Å². The van der Waals surface area contributed by atoms with Gasteiger partial charge < -0.3 is 19.3 Å². The second-order valence-corrected chi connectivity index (χ2v) is 3.98. The first-order chi connectivity index (χ1) is 10.0. The standard InChI is InChI=1S/C13H13N3O5/c1-7-4-5-8(10(17)18)6-9(7)21-13-15-11(19-2)14-12(16-13)20-3/h4-6H,1-3H3,(H,17,18). The predicted molar refractivity (Wildman–Crippen MR) is 71.1 cm³/mol. The number of aromatic nitrogens is 3. The Morgan fingerprint density at radius 3 is 2.14 bits per heavy atom. The van der Waals surface area contributed by atoms with Crippen LogP contribution in [0.3, 0.4) is 0 Å². The van der Waals surface area contributed by atoms with Gasteiger partial charge >= 0.3 is 24.0 Å². The van der Waals surface area contributed by atoms with Gasteiger partial charge in [0, 0.05) is 0 Å². The Morgan fingerprint density at radius 1 is 1.05 bits per heavy atom. The van der Waals surface area contributed by atoms with Crippen molar-refractivity contribution in [3.05, 3.63) is 29.3 Å². The molecule has 21 heavy (non-hydrogen) atoms. The molecule has 0 fully saturated rings. The fraction of sp³-hybridized carbons (Fsp3) is 0.231. The van der Waals surface area contributed by atoms with Gasteiger partial charge in [-0.1, -0.05) is 6.07 Å². The summed E-state index contributed by atoms with van der Waals surface area (Å²) < 4.78 is 15.3. The van der Waals surface area contributed by atoms with Gasteiger partial charge in [0.2, 0.25) is 0 Å². The highest BCUT2D eigenvalue weighted by Gasteiger charge is 2.12. The van der Waals surface area contributed by atoms with Crippen molar-refractivity contribution in [2.24, 2.45) is 0 Å². The number of carbonyl (C=O) groups is 1. The highest BCUT2D eigenvalue weighted by atomic mass is 16.5. The zero-order chi connectivity index (χ0) is 15.4. The van der Waals surface area contributed by atoms with E-state index in [4.69, 9.17) is 19.3 Å². The molecule has 2 aromatic rings. The average molecular weight is 291 g/mol. The first-order valence-electron chi connectivity index (χ1n) is 5.89. The fourth-order valence-electron chi connectivity index (χ4n) is 1.49. The fourth-order valence-corrected chi connectivity index (χ4v) is 1.49. The SMILES string of the molecule is COc1nc(OC)nc(Oc2cc(C(=O)O)ccc2C)n1. The molecule has 0 saturated heterocycles. The lowest BCUT2D eigenvalue weighted by atomic mass is 10.1. The lowest BCUT2D eigenvalue weighted by molar-refractivity contribution is 0.0696. The molecule has 2 rings (SSSR count). The van der Waals surface area contributed by atoms with E-state index in [-0.39, 0.29) is 23.6 Å². The van der Waals surface area contributed by atoms with E-state index in [1.807, 2.05) is 0 Å². The van der Waals surface area contributed by atoms with Crippen LogP contribution in [0.5, 0.6) is 23.8 Å². The van der Waals surface area contributed by atoms with Crippen LogP contribution in [0.1, 0.15) is 15.9 Å². The van der Waals surface area contributed by atoms with Crippen LogP contribution in [0, 0.1) is 6.92 Å². The van der Waals surface area contributed by atoms with Crippen molar-refractivity contribution in [3.63, 3.8) is 0 Å². The smallest absolute Gasteiger partial charge is 0.335 e. The molecule has 0 atom stereocenters. The van der Waals surface area contributed by atoms with Crippen LogP contribution in [0.4, 0.5) is 0 Å². The highest BCUT2D eigenvalue weighted by molar-refractivity contribution is 5.88. The molecule has 1 N–H and O–H groups in total. The van der Waals surface area contributed by atoms with Crippen LogP contribution in [0.25, 0.3) is 0 Å². The molecule has 0 amide bonds. The molecule has 0 bridgehead atoms. The number of hydrogen-bond acceptors (Lipinski definition) is 7. The third kappa shape index (κ3) is 3.35. The topological polar surface area (TPSA) is 104 Å². The van der Waals surface area contributed by atoms with Crippen molar-refractivity contribution in [2.75, 3.05) is 14.2 Å². The van der Waals surface area contributed by atoms with Crippen LogP contribution in [0.15, 0.2) is 18.2 Å². The lowest BCUT2D eigenvalue weighted by Gasteiger charge is -2.09. The number of aromatic carboxylic acids is 1. The quantitative estimate of drug-likeness (QED) is 0.887. The monoisotopic (exact) mass is 291 g/mol. The summed E-state index contributed by atoms with van der Waals surface area (Å²) in [4.78, 5) is 22.7. The molecule has 8 nitrogen and oxygen atoms in total. The Labute approximate surface area is 120 Å². The molecular weight excluding hydrogens is 278 g/mol. The van der Waals surface area contributed by atoms with Crippen molar-refractivity contribution in [2.45, 2.75) is 6.92 Å². The molecule has 0 radical (unpaired) electrons. The molecule has 0 aliphatic rings. The van der Waals surface area contributed by atoms with E-state index in [0.29, 0.717) is 5.75 Å². The van der Waals surface area contributed by atoms with Crippen molar-refractivity contribution >= 4 is 5.97 Å². The maximum atomic E-state index is 11.0. The van der Waals surface area contributed by atoms with Gasteiger partial charge in [-0.05, 0) is 24.6 Å². The third-order valence-electron chi connectivity index (χ3n) is 2.58. The largest absolute Gasteiger partial charge is 0.478 e. The van der Waals surface area contributed by atoms with Crippen molar-refractivity contribution in [1.82, 2.24) is 15.0 Å². The van der Waals surface area contributed by atoms with Crippen LogP contribution < -0.4 is 14.2 Å². The number of carboxylic acids is 1. The molecule has 8 heteroatoms. The van der Waals surface area contributed by atoms with Gasteiger partial charge in [-0.2, -0.15) is 0 Å². The molecule has 1 aromatic heterocycles. The number of rotatable bonds is 5. The Kier molecular flexibility index (Phi) is 4.17. The van der Waals surface area contributed by atoms with Gasteiger partial charge in [0.15, 0.2) is 0 Å². The number of benzene rings is 1. The van der Waals surface area contributed by atoms with E-state index < -0.39 is 5.97 Å². The Balaban J connectivity index is 2.37. The predicted octanol–water partition coefficient (Wildman–Crippen LogP) is 1.69. The van der Waals surface area contributed by atoms with Gasteiger partial charge in [0.25, 0.3) is 0 Å². The average Bonchev–Trinajstić information content (AvgIpc) is 2.48. The number of methoxy groups -OCH3 is 2. The number of ether oxygens (including phenoxy) is 3. The zero-order valence-corrected chi connectivity index (χ0v) is 11.7. The summed E-state index contributed by atoms with van der Waals surface area (Å²) in [6, 6.07) is 4.52. The summed E-state index contributed by atoms with van der Waals surface area (Å²) in [6.07, 6.45) is 0. The van der Waals surface area contributed by atoms with E-state index in [2.05, 4.69) is 15.0 Å². The molecule has 0 spiro atoms. The molecule has 1 aromatic carbocycles. The molecular formula is C13H13N3O5. The molecule has 0 unspecified atom stereocenters. The van der Waals surface area contributed by atoms with E-state index in [1.165, 1.54) is 26.4 Å². The van der Waals surface area contributed by atoms with E-state index >= 15 is 0 Å². The van der Waals surface area contributed by atoms with Gasteiger partial charge in [-0.15, -0.1) is 15.0 Å². The number of carboxylic acid groups (broad SMARTS) is 1. The van der Waals surface area contributed by atoms with E-state index in [9.17, 15) is 4.79 Å². The minimum absolute atomic E-state index is 0.0314. The summed E-state index contributed by atoms with van der Waals surface area (Å²) in [6.45, 7) is 1.77. The highest BCUT2D eigenvalue weighted by Crippen LogP contribution is 2.25. The van der Waals surface area contributed by atoms with Crippen molar-refractivity contribution in [3.8, 4) is 23.8 Å². The van der Waals surface area contributed by atoms with E-state index in [1.54, 1.807) is 13.0 Å². The van der Waals surface area contributed by atoms with Gasteiger partial charge in [-0.3, -0.25) is 0 Å². The van der Waals surface area contributed by atoms with Gasteiger partial charge in [0.1, 0.15) is 5.75 Å². The summed E-state index contributed by atoms with van der Waals surface area (Å²) in [7, 11) is 2.80. The third-order valence-corrected chi connectivity index (χ3v) is 2.58. The minimum atomic E-state index is -1.05. The summed E-state index contributed by atoms with van der Waals surface area (Å²) in [5.41, 5.74) is 0.835. The maximum absolute atomic E-state index is 11.0. The van der Waals surface area contributed by atoms with Crippen molar-refractivity contribution in [1.29, 1.82) is 0 Å². The van der Waals surface area contributed by atoms with Crippen LogP contribution in [0.2, 0.25) is 0 Å². The summed E-state index contributed by atoms with van der Waals surface area (Å²) in [5.74, 6) is -0.726. The van der Waals surface area contributed by atoms with Crippen LogP contribution >= 0.6 is 0 Å². The first-order valence-corrected chi connectivity index (χ1v) is 5.89. The lowest BCUT2D eigenvalue weighted by Crippen LogP contribution is -2.03. The van der Waals surface area contributed by atoms with Gasteiger partial charge in [-0.25, -0.2) is 4.79 Å². The zero-order valence-electron chi connectivity index (χ0n) is 11.7. The molecule has 0 saturated carbocycles. The number of aryl methyl sites for hydroxylation is 1. The molecule has 110 valence electrons. The van der Waals surface area contributed by atoms with Crippen LogP contribution in [-0.4, -0.2) is 40.2 Å². The normalized spacial score (nSPS) is 10.0. The maximum Gasteiger partial charge on any atom is 0.335 e. The Hall–Kier alpha value is -2.90. The first kappa shape index (κ1) is 14.5. The minimum Gasteiger partial charge on any atom is -0.478 e. The number of hydrogen-bond donors (Lipinski definition) is 1. The summed E-state index contributed by atoms with van der Waals surface area (Å²) in [5, 5.41) is 8.99. The Morgan fingerprint density at radius 2 is 1.62 bits per heavy atom. The summed E-state index contributed by atoms with van der Waals surface area (Å²) >= 11 is 0.